The van der Waals surface area contributed by atoms with Crippen LogP contribution in [0.3, 0.4) is 0 Å². The molecule has 1 aromatic carbocycles. The van der Waals surface area contributed by atoms with E-state index in [2.05, 4.69) is 20.1 Å². The van der Waals surface area contributed by atoms with Gasteiger partial charge in [0.25, 0.3) is 5.91 Å². The molecular weight excluding hydrogens is 462 g/mol. The summed E-state index contributed by atoms with van der Waals surface area (Å²) >= 11 is 0. The molecule has 190 valence electrons. The van der Waals surface area contributed by atoms with E-state index in [9.17, 15) is 18.7 Å². The Kier molecular flexibility index (Phi) is 8.11. The van der Waals surface area contributed by atoms with Crippen molar-refractivity contribution in [3.63, 3.8) is 0 Å². The van der Waals surface area contributed by atoms with Gasteiger partial charge in [0.05, 0.1) is 30.8 Å². The maximum Gasteiger partial charge on any atom is 0.387 e. The molecule has 1 saturated carbocycles. The van der Waals surface area contributed by atoms with E-state index >= 15 is 0 Å². The molecule has 0 bridgehead atoms. The van der Waals surface area contributed by atoms with E-state index in [0.29, 0.717) is 22.7 Å². The number of carbonyl (C=O) groups excluding carboxylic acids is 1. The van der Waals surface area contributed by atoms with Crippen molar-refractivity contribution in [1.82, 2.24) is 19.9 Å². The lowest BCUT2D eigenvalue weighted by atomic mass is 10.0. The zero-order valence-corrected chi connectivity index (χ0v) is 20.3. The number of nitrogens with one attached hydrogen (secondary N) is 1. The molecule has 0 spiro atoms. The Morgan fingerprint density at radius 3 is 2.34 bits per heavy atom. The van der Waals surface area contributed by atoms with E-state index in [4.69, 9.17) is 9.47 Å². The van der Waals surface area contributed by atoms with E-state index in [1.807, 2.05) is 0 Å². The minimum atomic E-state index is -3.14. The summed E-state index contributed by atoms with van der Waals surface area (Å²) in [4.78, 5) is 16.5. The molecule has 2 N–H and O–H groups in total. The summed E-state index contributed by atoms with van der Waals surface area (Å²) in [5, 5.41) is 16.7. The van der Waals surface area contributed by atoms with E-state index in [1.54, 1.807) is 26.8 Å². The first-order valence-electron chi connectivity index (χ1n) is 11.2. The van der Waals surface area contributed by atoms with Gasteiger partial charge >= 0.3 is 6.61 Å². The van der Waals surface area contributed by atoms with Crippen molar-refractivity contribution in [2.24, 2.45) is 0 Å². The number of rotatable bonds is 8. The van der Waals surface area contributed by atoms with Gasteiger partial charge in [-0.25, -0.2) is 9.50 Å². The van der Waals surface area contributed by atoms with Crippen molar-refractivity contribution < 1.29 is 32.9 Å². The second kappa shape index (κ2) is 10.9. The number of amides is 1. The minimum absolute atomic E-state index is 0.0476. The van der Waals surface area contributed by atoms with Crippen molar-refractivity contribution in [3.05, 3.63) is 36.2 Å². The summed E-state index contributed by atoms with van der Waals surface area (Å²) in [5.41, 5.74) is 0.0477. The van der Waals surface area contributed by atoms with Crippen molar-refractivity contribution in [3.8, 4) is 28.5 Å². The van der Waals surface area contributed by atoms with Gasteiger partial charge in [0.1, 0.15) is 28.9 Å². The third kappa shape index (κ3) is 6.56. The van der Waals surface area contributed by atoms with Crippen molar-refractivity contribution in [2.75, 3.05) is 14.2 Å². The summed E-state index contributed by atoms with van der Waals surface area (Å²) in [6.45, 7) is 1.85. The summed E-state index contributed by atoms with van der Waals surface area (Å²) in [6.07, 6.45) is 6.94. The predicted molar refractivity (Wildman–Crippen MR) is 125 cm³/mol. The number of benzene rings is 1. The molecule has 1 atom stereocenters. The lowest BCUT2D eigenvalue weighted by molar-refractivity contribution is -0.0502. The number of carbonyl (C=O) groups is 1. The summed E-state index contributed by atoms with van der Waals surface area (Å²) in [5.74, 6) is -0.532. The van der Waals surface area contributed by atoms with Gasteiger partial charge in [0, 0.05) is 18.7 Å². The molecule has 11 heteroatoms. The molecule has 0 saturated heterocycles. The fraction of sp³-hybridized carbons (Fsp3) is 0.458. The zero-order chi connectivity index (χ0) is 25.8. The van der Waals surface area contributed by atoms with Crippen molar-refractivity contribution in [1.29, 1.82) is 0 Å². The highest BCUT2D eigenvalue weighted by Crippen LogP contribution is 2.36. The molecule has 4 rings (SSSR count). The Hall–Kier alpha value is -3.47. The van der Waals surface area contributed by atoms with Crippen LogP contribution in [-0.2, 0) is 0 Å². The Morgan fingerprint density at radius 2 is 1.80 bits per heavy atom. The standard InChI is InChI=1S/C21H24F2N4O5.C3H6/c1-11(21(2,3)29)31-13-8-17-25-10-14(27(17)26-9-13)12-6-15(30-5)18(19(28)24-4)16(7-12)32-20(22)23;1-2-3-1/h6-11,20,29H,1-5H3,(H,24,28);1-3H2. The van der Waals surface area contributed by atoms with Crippen molar-refractivity contribution in [2.45, 2.75) is 58.4 Å². The number of hydrogen-bond acceptors (Lipinski definition) is 7. The maximum atomic E-state index is 13.0. The number of imidazole rings is 1. The number of ether oxygens (including phenoxy) is 3. The first-order chi connectivity index (χ1) is 16.5. The van der Waals surface area contributed by atoms with Gasteiger partial charge in [-0.15, -0.1) is 0 Å². The minimum Gasteiger partial charge on any atom is -0.496 e. The van der Waals surface area contributed by atoms with E-state index in [0.717, 1.165) is 0 Å². The molecule has 1 aliphatic rings. The highest BCUT2D eigenvalue weighted by molar-refractivity contribution is 6.00. The summed E-state index contributed by atoms with van der Waals surface area (Å²) < 4.78 is 43.1. The fourth-order valence-electron chi connectivity index (χ4n) is 2.91. The normalized spacial score (nSPS) is 13.6. The average Bonchev–Trinajstić information content (AvgIpc) is 3.63. The SMILES string of the molecule is C1CC1.CNC(=O)c1c(OC)cc(-c2cnc3cc(OC(C)C(C)(C)O)cnn23)cc1OC(F)F. The second-order valence-corrected chi connectivity index (χ2v) is 8.59. The third-order valence-corrected chi connectivity index (χ3v) is 5.25. The highest BCUT2D eigenvalue weighted by Gasteiger charge is 2.25. The number of methoxy groups -OCH3 is 1. The van der Waals surface area contributed by atoms with Crippen LogP contribution in [0.25, 0.3) is 16.9 Å². The molecule has 3 aromatic rings. The Bertz CT molecular complexity index is 1170. The quantitative estimate of drug-likeness (QED) is 0.488. The van der Waals surface area contributed by atoms with Crippen LogP contribution >= 0.6 is 0 Å². The van der Waals surface area contributed by atoms with Crippen LogP contribution in [0.4, 0.5) is 8.78 Å². The third-order valence-electron chi connectivity index (χ3n) is 5.25. The lowest BCUT2D eigenvalue weighted by Gasteiger charge is -2.26. The van der Waals surface area contributed by atoms with E-state index in [1.165, 1.54) is 62.5 Å². The Balaban J connectivity index is 0.00000106. The van der Waals surface area contributed by atoms with Gasteiger partial charge in [-0.2, -0.15) is 13.9 Å². The van der Waals surface area contributed by atoms with Gasteiger partial charge in [0.15, 0.2) is 5.65 Å². The average molecular weight is 493 g/mol. The number of hydrogen-bond donors (Lipinski definition) is 2. The van der Waals surface area contributed by atoms with Gasteiger partial charge in [-0.05, 0) is 32.9 Å². The van der Waals surface area contributed by atoms with Crippen LogP contribution < -0.4 is 19.5 Å². The molecule has 1 amide bonds. The molecule has 1 unspecified atom stereocenters. The predicted octanol–water partition coefficient (Wildman–Crippen LogP) is 4.07. The number of nitrogens with zero attached hydrogens (tertiary/aromatic N) is 3. The van der Waals surface area contributed by atoms with Crippen LogP contribution in [0.2, 0.25) is 0 Å². The van der Waals surface area contributed by atoms with Gasteiger partial charge in [-0.1, -0.05) is 19.3 Å². The van der Waals surface area contributed by atoms with Gasteiger partial charge in [-0.3, -0.25) is 4.79 Å². The van der Waals surface area contributed by atoms with Crippen molar-refractivity contribution >= 4 is 11.6 Å². The number of fused-ring (bicyclic) bond motifs is 1. The molecule has 0 radical (unpaired) electrons. The van der Waals surface area contributed by atoms with Crippen LogP contribution in [0.5, 0.6) is 17.2 Å². The van der Waals surface area contributed by atoms with E-state index < -0.39 is 24.2 Å². The maximum absolute atomic E-state index is 13.0. The molecule has 1 aliphatic carbocycles. The number of aromatic nitrogens is 3. The lowest BCUT2D eigenvalue weighted by Crippen LogP contribution is -2.37. The molecule has 1 fully saturated rings. The highest BCUT2D eigenvalue weighted by atomic mass is 19.3. The summed E-state index contributed by atoms with van der Waals surface area (Å²) in [6, 6.07) is 4.44. The Morgan fingerprint density at radius 1 is 1.14 bits per heavy atom. The van der Waals surface area contributed by atoms with Gasteiger partial charge < -0.3 is 24.6 Å². The number of aliphatic hydroxyl groups is 1. The monoisotopic (exact) mass is 492 g/mol. The molecular formula is C24H30F2N4O5. The molecule has 35 heavy (non-hydrogen) atoms. The van der Waals surface area contributed by atoms with Crippen LogP contribution in [0.1, 0.15) is 50.4 Å². The smallest absolute Gasteiger partial charge is 0.387 e. The van der Waals surface area contributed by atoms with E-state index in [-0.39, 0.29) is 17.1 Å². The fourth-order valence-corrected chi connectivity index (χ4v) is 2.91. The first-order valence-corrected chi connectivity index (χ1v) is 11.2. The topological polar surface area (TPSA) is 107 Å². The van der Waals surface area contributed by atoms with Crippen LogP contribution in [0.15, 0.2) is 30.6 Å². The molecule has 0 aliphatic heterocycles. The number of alkyl halides is 2. The largest absolute Gasteiger partial charge is 0.496 e. The molecule has 9 nitrogen and oxygen atoms in total. The second-order valence-electron chi connectivity index (χ2n) is 8.59. The first kappa shape index (κ1) is 26.1. The number of halogens is 2. The molecule has 2 heterocycles. The van der Waals surface area contributed by atoms with Crippen LogP contribution in [0, 0.1) is 0 Å². The van der Waals surface area contributed by atoms with Gasteiger partial charge in [0.2, 0.25) is 0 Å². The molecule has 2 aromatic heterocycles. The van der Waals surface area contributed by atoms with Crippen LogP contribution in [-0.4, -0.2) is 58.1 Å². The Labute approximate surface area is 202 Å². The zero-order valence-electron chi connectivity index (χ0n) is 20.3. The summed E-state index contributed by atoms with van der Waals surface area (Å²) in [7, 11) is 2.69.